The number of likely N-dealkylation sites (tertiary alicyclic amines) is 3. The molecule has 0 radical (unpaired) electrons. The minimum absolute atomic E-state index is 0.116. The molecule has 0 amide bonds. The first-order chi connectivity index (χ1) is 35.5. The van der Waals surface area contributed by atoms with Gasteiger partial charge in [-0.3, -0.25) is 0 Å². The van der Waals surface area contributed by atoms with E-state index in [0.29, 0.717) is 0 Å². The molecule has 3 heterocycles. The van der Waals surface area contributed by atoms with Gasteiger partial charge in [-0.25, -0.2) is 0 Å². The van der Waals surface area contributed by atoms with Crippen molar-refractivity contribution >= 4 is 232 Å². The average Bonchev–Trinajstić information content (AvgIpc) is 3.67. The zero-order valence-corrected chi connectivity index (χ0v) is 38.6. The second kappa shape index (κ2) is 5.95. The quantitative estimate of drug-likeness (QED) is 0.140. The number of benzene rings is 14. The third-order valence-corrected chi connectivity index (χ3v) is 29.1. The van der Waals surface area contributed by atoms with Gasteiger partial charge in [-0.1, -0.05) is 0 Å². The zero-order valence-electron chi connectivity index (χ0n) is 38.6. The van der Waals surface area contributed by atoms with Gasteiger partial charge in [0.05, 0.1) is 21.7 Å². The van der Waals surface area contributed by atoms with Gasteiger partial charge in [-0.05, 0) is 314 Å². The minimum atomic E-state index is -0.121. The average molecular weight is 892 g/mol. The van der Waals surface area contributed by atoms with Crippen LogP contribution in [0.3, 0.4) is 0 Å². The molecule has 3 fully saturated rings. The Morgan fingerprint density at radius 2 is 0.333 bits per heavy atom. The molecule has 0 N–H and O–H groups in total. The topological polar surface area (TPSA) is 9.72 Å². The fourth-order valence-corrected chi connectivity index (χ4v) is 30.1. The second-order valence-electron chi connectivity index (χ2n) is 29.2. The van der Waals surface area contributed by atoms with Gasteiger partial charge >= 0.3 is 0 Å². The third-order valence-electron chi connectivity index (χ3n) is 29.1. The lowest BCUT2D eigenvalue weighted by Crippen LogP contribution is -2.59. The summed E-state index contributed by atoms with van der Waals surface area (Å²) in [5.74, 6) is 0. The molecule has 4 unspecified atom stereocenters. The lowest BCUT2D eigenvalue weighted by molar-refractivity contribution is 0.377. The Labute approximate surface area is 398 Å². The maximum atomic E-state index is 2.93. The monoisotopic (exact) mass is 891 g/mol. The first-order valence-electron chi connectivity index (χ1n) is 27.9. The van der Waals surface area contributed by atoms with Gasteiger partial charge in [0.1, 0.15) is 0 Å². The maximum Gasteiger partial charge on any atom is 0.0505 e. The summed E-state index contributed by atoms with van der Waals surface area (Å²) in [7, 11) is 7.73. The van der Waals surface area contributed by atoms with Crippen molar-refractivity contribution in [3.05, 3.63) is 60.9 Å². The fraction of sp³-hybridized carbons (Fsp3) is 0.217. The van der Waals surface area contributed by atoms with Gasteiger partial charge in [-0.15, -0.1) is 0 Å². The van der Waals surface area contributed by atoms with Crippen LogP contribution in [-0.4, -0.2) is 75.1 Å². The smallest absolute Gasteiger partial charge is 0.0505 e. The number of hydrogen-bond acceptors (Lipinski definition) is 3. The first kappa shape index (κ1) is 27.6. The summed E-state index contributed by atoms with van der Waals surface area (Å²) in [5, 5.41) is 75.4. The molecule has 3 nitrogen and oxygen atoms in total. The Morgan fingerprint density at radius 1 is 0.181 bits per heavy atom. The highest BCUT2D eigenvalue weighted by Crippen LogP contribution is 2.90. The Kier molecular flexibility index (Phi) is 2.28. The van der Waals surface area contributed by atoms with Crippen LogP contribution in [0.2, 0.25) is 0 Å². The Morgan fingerprint density at radius 3 is 0.569 bits per heavy atom. The second-order valence-corrected chi connectivity index (χ2v) is 29.2. The van der Waals surface area contributed by atoms with Crippen LogP contribution >= 0.6 is 0 Å². The van der Waals surface area contributed by atoms with Crippen molar-refractivity contribution in [1.82, 2.24) is 14.7 Å². The van der Waals surface area contributed by atoms with Gasteiger partial charge in [0.15, 0.2) is 0 Å². The van der Waals surface area contributed by atoms with E-state index in [9.17, 15) is 0 Å². The van der Waals surface area contributed by atoms with Crippen LogP contribution < -0.4 is 5.22 Å². The van der Waals surface area contributed by atoms with Crippen LogP contribution in [0, 0.1) is 0 Å². The van der Waals surface area contributed by atoms with Crippen LogP contribution in [-0.2, 0) is 32.5 Å². The molecule has 21 aromatic carbocycles. The molecule has 0 saturated carbocycles. The van der Waals surface area contributed by atoms with Crippen LogP contribution in [0.15, 0.2) is 0 Å². The predicted octanol–water partition coefficient (Wildman–Crippen LogP) is 12.4. The van der Waals surface area contributed by atoms with Gasteiger partial charge in [0, 0.05) is 50.1 Å². The SMILES string of the molecule is CN1CC23C4=c5c6c7c8c9c(c%10c%11c2c2c%12c%13c%14c%15c%16c(c5c5c6c6c8c8c%17c%18c%19c%20c%21c%22c%23c%24c%25c%26c%27c(c%18c(c%10c%27c%11c%12c%26c%13c%24c%15c%23c%10c%16c5c(c%21%10)c6c%208)c9%17)C%255CN(C)CC%19%225)C%145CN(C)CC425)C73C1. The molecule has 11 aliphatic carbocycles. The van der Waals surface area contributed by atoms with E-state index in [-0.39, 0.29) is 32.5 Å². The molecule has 21 aromatic rings. The van der Waals surface area contributed by atoms with Crippen LogP contribution in [0.5, 0.6) is 0 Å². The van der Waals surface area contributed by atoms with Crippen LogP contribution in [0.1, 0.15) is 55.6 Å². The molecule has 4 atom stereocenters. The van der Waals surface area contributed by atoms with E-state index in [2.05, 4.69) is 35.8 Å². The molecule has 0 aromatic heterocycles. The molecule has 3 heteroatoms. The molecular formula is C69H21N3. The summed E-state index contributed by atoms with van der Waals surface area (Å²) in [5.41, 5.74) is 19.8. The molecule has 312 valence electrons. The van der Waals surface area contributed by atoms with E-state index in [1.165, 1.54) is 0 Å². The Bertz CT molecular complexity index is 6760. The van der Waals surface area contributed by atoms with E-state index in [1.54, 1.807) is 226 Å². The number of hydrogen-bond donors (Lipinski definition) is 0. The van der Waals surface area contributed by atoms with E-state index >= 15 is 0 Å². The molecule has 3 aliphatic heterocycles. The highest BCUT2D eigenvalue weighted by atomic mass is 15.2. The summed E-state index contributed by atoms with van der Waals surface area (Å²) in [4.78, 5) is 8.77. The van der Waals surface area contributed by atoms with E-state index in [4.69, 9.17) is 0 Å². The Balaban J connectivity index is 1.18. The Hall–Kier alpha value is -7.14. The van der Waals surface area contributed by atoms with Crippen molar-refractivity contribution in [3.8, 4) is 0 Å². The molecule has 0 bridgehead atoms. The van der Waals surface area contributed by atoms with E-state index in [0.717, 1.165) is 39.3 Å². The zero-order chi connectivity index (χ0) is 43.2. The first-order valence-corrected chi connectivity index (χ1v) is 27.9. The van der Waals surface area contributed by atoms with Crippen LogP contribution in [0.25, 0.3) is 232 Å². The summed E-state index contributed by atoms with van der Waals surface area (Å²) in [6.45, 7) is 6.84. The predicted molar refractivity (Wildman–Crippen MR) is 293 cm³/mol. The van der Waals surface area contributed by atoms with Crippen molar-refractivity contribution in [2.24, 2.45) is 0 Å². The number of nitrogens with zero attached hydrogens (tertiary/aromatic N) is 3. The van der Waals surface area contributed by atoms with Gasteiger partial charge in [0.2, 0.25) is 0 Å². The standard InChI is InChI=1S/C69H21N3/c1-70-4-64-53-34-16-10-11-13-19-15-17(11)35(34)54(64)39-21(15)25-27-29-31-33-32-30-28-26-24-20(38(53)40(26)55-42(30)43(31)56(41(27)39)65(55,64)5-70)14(16)18-12(10)22-23(13)51-52-50(22)59-36(18)44(24)57-46(28)48(32)61-62-49(33)47(29)58-45(25)37(19)60(51)67(58)7-72(3)9-69(62,67)63(52)68(61)8-71(2)6-66(57,59)68/h4-9H2,1-3H3. The summed E-state index contributed by atoms with van der Waals surface area (Å²) in [6.07, 6.45) is 0. The highest BCUT2D eigenvalue weighted by molar-refractivity contribution is 6.73. The highest BCUT2D eigenvalue weighted by Gasteiger charge is 2.83. The van der Waals surface area contributed by atoms with E-state index in [1.807, 2.05) is 66.4 Å². The van der Waals surface area contributed by atoms with Crippen molar-refractivity contribution in [2.45, 2.75) is 32.5 Å². The summed E-state index contributed by atoms with van der Waals surface area (Å²) in [6, 6.07) is 0. The van der Waals surface area contributed by atoms with Crippen molar-refractivity contribution < 1.29 is 0 Å². The lowest BCUT2D eigenvalue weighted by atomic mass is 9.45. The van der Waals surface area contributed by atoms with Gasteiger partial charge in [-0.2, -0.15) is 0 Å². The number of rotatable bonds is 0. The van der Waals surface area contributed by atoms with Gasteiger partial charge in [0.25, 0.3) is 0 Å². The molecule has 72 heavy (non-hydrogen) atoms. The van der Waals surface area contributed by atoms with Crippen LogP contribution in [0.4, 0.5) is 0 Å². The largest absolute Gasteiger partial charge is 0.304 e. The van der Waals surface area contributed by atoms with Crippen molar-refractivity contribution in [3.63, 3.8) is 0 Å². The maximum absolute atomic E-state index is 2.93. The summed E-state index contributed by atoms with van der Waals surface area (Å²) >= 11 is 0. The normalized spacial score (nSPS) is 34.1. The number of likely N-dealkylation sites (N-methyl/N-ethyl adjacent to an activating group) is 3. The molecular weight excluding hydrogens is 871 g/mol. The van der Waals surface area contributed by atoms with Crippen molar-refractivity contribution in [1.29, 1.82) is 0 Å². The minimum Gasteiger partial charge on any atom is -0.304 e. The molecule has 6 spiro atoms. The summed E-state index contributed by atoms with van der Waals surface area (Å²) < 4.78 is 0. The fourth-order valence-electron chi connectivity index (χ4n) is 30.1. The lowest BCUT2D eigenvalue weighted by Gasteiger charge is -2.54. The molecule has 3 saturated heterocycles. The van der Waals surface area contributed by atoms with Crippen molar-refractivity contribution in [2.75, 3.05) is 60.4 Å². The molecule has 35 rings (SSSR count). The third kappa shape index (κ3) is 1.35. The molecule has 14 aliphatic rings. The van der Waals surface area contributed by atoms with E-state index < -0.39 is 0 Å². The van der Waals surface area contributed by atoms with Gasteiger partial charge < -0.3 is 14.7 Å².